The molecule has 2 atom stereocenters. The fourth-order valence-electron chi connectivity index (χ4n) is 5.17. The minimum atomic E-state index is -0.304. The lowest BCUT2D eigenvalue weighted by Gasteiger charge is -2.28. The third-order valence-electron chi connectivity index (χ3n) is 6.66. The third kappa shape index (κ3) is 3.59. The summed E-state index contributed by atoms with van der Waals surface area (Å²) in [5.74, 6) is -0.304. The van der Waals surface area contributed by atoms with Gasteiger partial charge in [-0.15, -0.1) is 0 Å². The van der Waals surface area contributed by atoms with E-state index in [0.29, 0.717) is 10.8 Å². The highest BCUT2D eigenvalue weighted by atomic mass is 32.1. The summed E-state index contributed by atoms with van der Waals surface area (Å²) in [6.07, 6.45) is 1.78. The molecular weight excluding hydrogens is 443 g/mol. The summed E-state index contributed by atoms with van der Waals surface area (Å²) in [6.45, 7) is 8.52. The SMILES string of the molecule is Cc1cccc(C)c1-n1c(C)cc([C@@H]2[C@H](c3ccccn3)NC(=S)N2c2ccccc2F)c1C. The molecular formula is C28H27FN4S. The van der Waals surface area contributed by atoms with Crippen molar-refractivity contribution in [2.24, 2.45) is 0 Å². The van der Waals surface area contributed by atoms with Crippen molar-refractivity contribution >= 4 is 23.0 Å². The molecule has 0 radical (unpaired) electrons. The number of hydrogen-bond acceptors (Lipinski definition) is 2. The van der Waals surface area contributed by atoms with E-state index in [2.05, 4.69) is 66.8 Å². The van der Waals surface area contributed by atoms with Gasteiger partial charge in [-0.2, -0.15) is 0 Å². The van der Waals surface area contributed by atoms with Gasteiger partial charge in [0.25, 0.3) is 0 Å². The molecule has 1 N–H and O–H groups in total. The zero-order chi connectivity index (χ0) is 24.0. The minimum Gasteiger partial charge on any atom is -0.351 e. The number of nitrogens with one attached hydrogen (secondary N) is 1. The van der Waals surface area contributed by atoms with Crippen molar-refractivity contribution in [1.29, 1.82) is 0 Å². The summed E-state index contributed by atoms with van der Waals surface area (Å²) in [7, 11) is 0. The maximum Gasteiger partial charge on any atom is 0.174 e. The van der Waals surface area contributed by atoms with Crippen LogP contribution in [-0.2, 0) is 0 Å². The predicted octanol–water partition coefficient (Wildman–Crippen LogP) is 6.42. The average molecular weight is 471 g/mol. The van der Waals surface area contributed by atoms with E-state index in [1.165, 1.54) is 22.9 Å². The molecule has 1 fully saturated rings. The van der Waals surface area contributed by atoms with E-state index in [4.69, 9.17) is 12.2 Å². The van der Waals surface area contributed by atoms with Crippen LogP contribution in [0.2, 0.25) is 0 Å². The smallest absolute Gasteiger partial charge is 0.174 e. The van der Waals surface area contributed by atoms with Crippen LogP contribution in [0.25, 0.3) is 5.69 Å². The largest absolute Gasteiger partial charge is 0.351 e. The number of hydrogen-bond donors (Lipinski definition) is 1. The number of benzene rings is 2. The van der Waals surface area contributed by atoms with Crippen LogP contribution in [0.15, 0.2) is 72.9 Å². The van der Waals surface area contributed by atoms with E-state index in [9.17, 15) is 0 Å². The molecule has 3 heterocycles. The first-order valence-corrected chi connectivity index (χ1v) is 11.8. The van der Waals surface area contributed by atoms with Crippen LogP contribution >= 0.6 is 12.2 Å². The zero-order valence-electron chi connectivity index (χ0n) is 19.7. The summed E-state index contributed by atoms with van der Waals surface area (Å²) in [4.78, 5) is 6.52. The van der Waals surface area contributed by atoms with Gasteiger partial charge in [-0.1, -0.05) is 36.4 Å². The van der Waals surface area contributed by atoms with Crippen LogP contribution in [0.4, 0.5) is 10.1 Å². The van der Waals surface area contributed by atoms with Gasteiger partial charge in [-0.3, -0.25) is 4.98 Å². The first-order valence-electron chi connectivity index (χ1n) is 11.4. The van der Waals surface area contributed by atoms with Crippen molar-refractivity contribution in [3.63, 3.8) is 0 Å². The van der Waals surface area contributed by atoms with Gasteiger partial charge in [-0.25, -0.2) is 4.39 Å². The molecule has 0 spiro atoms. The van der Waals surface area contributed by atoms with Crippen LogP contribution in [-0.4, -0.2) is 14.7 Å². The number of para-hydroxylation sites is 2. The van der Waals surface area contributed by atoms with Crippen LogP contribution in [0.3, 0.4) is 0 Å². The quantitative estimate of drug-likeness (QED) is 0.349. The molecule has 1 aliphatic heterocycles. The first-order chi connectivity index (χ1) is 16.4. The maximum atomic E-state index is 15.0. The van der Waals surface area contributed by atoms with E-state index >= 15 is 4.39 Å². The van der Waals surface area contributed by atoms with E-state index in [-0.39, 0.29) is 17.9 Å². The van der Waals surface area contributed by atoms with E-state index < -0.39 is 0 Å². The van der Waals surface area contributed by atoms with Gasteiger partial charge in [0.05, 0.1) is 29.2 Å². The summed E-state index contributed by atoms with van der Waals surface area (Å²) < 4.78 is 17.3. The molecule has 5 rings (SSSR count). The van der Waals surface area contributed by atoms with E-state index in [1.807, 2.05) is 29.2 Å². The second-order valence-corrected chi connectivity index (χ2v) is 9.24. The van der Waals surface area contributed by atoms with Gasteiger partial charge in [0.15, 0.2) is 5.11 Å². The molecule has 6 heteroatoms. The van der Waals surface area contributed by atoms with Gasteiger partial charge in [0.2, 0.25) is 0 Å². The highest BCUT2D eigenvalue weighted by Gasteiger charge is 2.43. The molecule has 34 heavy (non-hydrogen) atoms. The number of aryl methyl sites for hydroxylation is 3. The van der Waals surface area contributed by atoms with Crippen molar-refractivity contribution in [1.82, 2.24) is 14.9 Å². The standard InChI is InChI=1S/C28H27FN4S/c1-17-10-9-11-18(2)26(17)32-19(3)16-21(20(32)4)27-25(23-13-7-8-15-30-23)31-28(34)33(27)24-14-6-5-12-22(24)29/h5-16,25,27H,1-4H3,(H,31,34)/t25-,27+/m0/s1. The Balaban J connectivity index is 1.73. The monoisotopic (exact) mass is 470 g/mol. The molecule has 4 aromatic rings. The molecule has 0 amide bonds. The molecule has 172 valence electrons. The lowest BCUT2D eigenvalue weighted by molar-refractivity contribution is 0.556. The lowest BCUT2D eigenvalue weighted by Crippen LogP contribution is -2.30. The number of nitrogens with zero attached hydrogens (tertiary/aromatic N) is 3. The van der Waals surface area contributed by atoms with Gasteiger partial charge >= 0.3 is 0 Å². The maximum absolute atomic E-state index is 15.0. The number of anilines is 1. The summed E-state index contributed by atoms with van der Waals surface area (Å²) >= 11 is 5.77. The minimum absolute atomic E-state index is 0.222. The van der Waals surface area contributed by atoms with Crippen molar-refractivity contribution in [2.75, 3.05) is 4.90 Å². The van der Waals surface area contributed by atoms with E-state index in [0.717, 1.165) is 22.6 Å². The molecule has 1 saturated heterocycles. The number of pyridine rings is 1. The highest BCUT2D eigenvalue weighted by molar-refractivity contribution is 7.80. The summed E-state index contributed by atoms with van der Waals surface area (Å²) in [5, 5.41) is 3.92. The Bertz CT molecular complexity index is 1360. The molecule has 1 aliphatic rings. The predicted molar refractivity (Wildman–Crippen MR) is 139 cm³/mol. The molecule has 2 aromatic carbocycles. The van der Waals surface area contributed by atoms with Crippen LogP contribution < -0.4 is 10.2 Å². The molecule has 4 nitrogen and oxygen atoms in total. The Morgan fingerprint density at radius 1 is 0.912 bits per heavy atom. The van der Waals surface area contributed by atoms with Crippen molar-refractivity contribution in [2.45, 2.75) is 39.8 Å². The van der Waals surface area contributed by atoms with Crippen LogP contribution in [0, 0.1) is 33.5 Å². The lowest BCUT2D eigenvalue weighted by atomic mass is 9.96. The normalized spacial score (nSPS) is 17.8. The van der Waals surface area contributed by atoms with E-state index in [1.54, 1.807) is 18.3 Å². The summed E-state index contributed by atoms with van der Waals surface area (Å²) in [6, 6.07) is 20.7. The van der Waals surface area contributed by atoms with Crippen molar-refractivity contribution < 1.29 is 4.39 Å². The van der Waals surface area contributed by atoms with Crippen LogP contribution in [0.5, 0.6) is 0 Å². The highest BCUT2D eigenvalue weighted by Crippen LogP contribution is 2.44. The zero-order valence-corrected chi connectivity index (χ0v) is 20.5. The number of aromatic nitrogens is 2. The molecule has 0 aliphatic carbocycles. The fourth-order valence-corrected chi connectivity index (χ4v) is 5.51. The molecule has 2 aromatic heterocycles. The second-order valence-electron chi connectivity index (χ2n) is 8.85. The third-order valence-corrected chi connectivity index (χ3v) is 6.98. The Kier molecular flexibility index (Phi) is 5.70. The number of rotatable bonds is 4. The van der Waals surface area contributed by atoms with Crippen LogP contribution in [0.1, 0.15) is 45.9 Å². The average Bonchev–Trinajstić information content (AvgIpc) is 3.31. The topological polar surface area (TPSA) is 33.1 Å². The molecule has 0 saturated carbocycles. The Hall–Kier alpha value is -3.51. The molecule has 0 bridgehead atoms. The Morgan fingerprint density at radius 2 is 1.62 bits per heavy atom. The van der Waals surface area contributed by atoms with Crippen molar-refractivity contribution in [3.05, 3.63) is 113 Å². The van der Waals surface area contributed by atoms with Gasteiger partial charge in [0, 0.05) is 17.6 Å². The van der Waals surface area contributed by atoms with Crippen molar-refractivity contribution in [3.8, 4) is 5.69 Å². The van der Waals surface area contributed by atoms with Gasteiger partial charge in [-0.05, 0) is 86.9 Å². The Morgan fingerprint density at radius 3 is 2.29 bits per heavy atom. The fraction of sp³-hybridized carbons (Fsp3) is 0.214. The number of halogens is 1. The first kappa shape index (κ1) is 22.3. The number of thiocarbonyl (C=S) groups is 1. The second kappa shape index (κ2) is 8.69. The molecule has 0 unspecified atom stereocenters. The summed E-state index contributed by atoms with van der Waals surface area (Å²) in [5.41, 5.74) is 8.24. The van der Waals surface area contributed by atoms with Gasteiger partial charge in [0.1, 0.15) is 5.82 Å². The Labute approximate surface area is 205 Å². The van der Waals surface area contributed by atoms with Gasteiger partial charge < -0.3 is 14.8 Å².